The van der Waals surface area contributed by atoms with Crippen LogP contribution in [0.4, 0.5) is 5.69 Å². The minimum Gasteiger partial charge on any atom is -0.465 e. The number of aryl methyl sites for hydroxylation is 1. The maximum atomic E-state index is 12.5. The van der Waals surface area contributed by atoms with Crippen molar-refractivity contribution in [3.8, 4) is 5.69 Å². The third kappa shape index (κ3) is 4.54. The largest absolute Gasteiger partial charge is 0.465 e. The number of aromatic nitrogens is 4. The number of benzene rings is 2. The maximum Gasteiger partial charge on any atom is 0.337 e. The van der Waals surface area contributed by atoms with Gasteiger partial charge in [0.05, 0.1) is 30.3 Å². The highest BCUT2D eigenvalue weighted by Gasteiger charge is 2.13. The van der Waals surface area contributed by atoms with Crippen molar-refractivity contribution in [1.82, 2.24) is 19.7 Å². The molecule has 2 heterocycles. The molecule has 0 fully saturated rings. The van der Waals surface area contributed by atoms with Gasteiger partial charge in [0.25, 0.3) is 5.56 Å². The van der Waals surface area contributed by atoms with Crippen LogP contribution in [0.15, 0.2) is 64.7 Å². The van der Waals surface area contributed by atoms with Crippen molar-refractivity contribution in [2.24, 2.45) is 0 Å². The van der Waals surface area contributed by atoms with E-state index in [9.17, 15) is 14.4 Å². The van der Waals surface area contributed by atoms with Crippen LogP contribution in [0.1, 0.15) is 15.9 Å². The average molecular weight is 449 g/mol. The quantitative estimate of drug-likeness (QED) is 0.264. The van der Waals surface area contributed by atoms with Crippen molar-refractivity contribution in [1.29, 1.82) is 0 Å². The Kier molecular flexibility index (Phi) is 6.04. The van der Waals surface area contributed by atoms with Gasteiger partial charge < -0.3 is 15.0 Å². The summed E-state index contributed by atoms with van der Waals surface area (Å²) in [6.07, 6.45) is 1.47. The zero-order chi connectivity index (χ0) is 22.7. The summed E-state index contributed by atoms with van der Waals surface area (Å²) in [5.41, 5.74) is 2.87. The number of aromatic amines is 1. The molecule has 0 atom stereocenters. The number of esters is 1. The third-order valence-corrected chi connectivity index (χ3v) is 5.47. The molecule has 9 nitrogen and oxygen atoms in total. The molecule has 2 aromatic carbocycles. The van der Waals surface area contributed by atoms with Crippen LogP contribution in [-0.4, -0.2) is 44.5 Å². The Bertz CT molecular complexity index is 1360. The number of carbonyl (C=O) groups is 2. The molecule has 0 saturated heterocycles. The summed E-state index contributed by atoms with van der Waals surface area (Å²) in [6.45, 7) is 1.97. The van der Waals surface area contributed by atoms with Gasteiger partial charge in [-0.2, -0.15) is 5.10 Å². The molecule has 0 bridgehead atoms. The number of hydrogen-bond donors (Lipinski definition) is 2. The van der Waals surface area contributed by atoms with Gasteiger partial charge in [0.15, 0.2) is 10.8 Å². The van der Waals surface area contributed by atoms with Crippen LogP contribution < -0.4 is 10.9 Å². The van der Waals surface area contributed by atoms with Crippen molar-refractivity contribution in [2.45, 2.75) is 12.1 Å². The van der Waals surface area contributed by atoms with Crippen LogP contribution >= 0.6 is 11.8 Å². The summed E-state index contributed by atoms with van der Waals surface area (Å²) in [6, 6.07) is 14.1. The highest BCUT2D eigenvalue weighted by molar-refractivity contribution is 7.99. The van der Waals surface area contributed by atoms with Crippen LogP contribution in [0.2, 0.25) is 0 Å². The minimum absolute atomic E-state index is 0.0335. The van der Waals surface area contributed by atoms with Gasteiger partial charge in [0, 0.05) is 5.69 Å². The molecule has 2 N–H and O–H groups in total. The van der Waals surface area contributed by atoms with E-state index in [2.05, 4.69) is 25.1 Å². The first-order valence-electron chi connectivity index (χ1n) is 9.61. The van der Waals surface area contributed by atoms with E-state index < -0.39 is 5.97 Å². The van der Waals surface area contributed by atoms with Crippen molar-refractivity contribution in [3.63, 3.8) is 0 Å². The minimum atomic E-state index is -0.450. The van der Waals surface area contributed by atoms with Crippen LogP contribution in [0.5, 0.6) is 0 Å². The average Bonchev–Trinajstić information content (AvgIpc) is 3.22. The van der Waals surface area contributed by atoms with Gasteiger partial charge in [-0.25, -0.2) is 14.5 Å². The summed E-state index contributed by atoms with van der Waals surface area (Å²) in [4.78, 5) is 43.4. The lowest BCUT2D eigenvalue weighted by Gasteiger charge is -2.07. The smallest absolute Gasteiger partial charge is 0.337 e. The first kappa shape index (κ1) is 21.3. The lowest BCUT2D eigenvalue weighted by Crippen LogP contribution is -2.16. The lowest BCUT2D eigenvalue weighted by molar-refractivity contribution is -0.113. The molecule has 0 aliphatic heterocycles. The number of H-pyrrole nitrogens is 1. The zero-order valence-corrected chi connectivity index (χ0v) is 18.1. The van der Waals surface area contributed by atoms with Crippen LogP contribution in [-0.2, 0) is 9.53 Å². The standard InChI is InChI=1S/C22H19N5O4S/c1-13-4-3-5-16(10-13)27-19-17(11-23-27)20(29)26-22(25-19)32-12-18(28)24-15-8-6-14(7-9-15)21(30)31-2/h3-11H,12H2,1-2H3,(H,24,28)(H,25,26,29). The van der Waals surface area contributed by atoms with E-state index >= 15 is 0 Å². The topological polar surface area (TPSA) is 119 Å². The fourth-order valence-corrected chi connectivity index (χ4v) is 3.71. The normalized spacial score (nSPS) is 10.8. The molecule has 0 unspecified atom stereocenters. The number of hydrogen-bond acceptors (Lipinski definition) is 7. The molecule has 0 aliphatic rings. The van der Waals surface area contributed by atoms with E-state index in [0.29, 0.717) is 27.4 Å². The Morgan fingerprint density at radius 3 is 2.69 bits per heavy atom. The van der Waals surface area contributed by atoms with E-state index in [4.69, 9.17) is 0 Å². The Balaban J connectivity index is 1.48. The molecule has 4 rings (SSSR count). The van der Waals surface area contributed by atoms with Gasteiger partial charge in [0.1, 0.15) is 5.39 Å². The monoisotopic (exact) mass is 449 g/mol. The van der Waals surface area contributed by atoms with Crippen molar-refractivity contribution in [2.75, 3.05) is 18.2 Å². The molecule has 1 amide bonds. The molecule has 10 heteroatoms. The summed E-state index contributed by atoms with van der Waals surface area (Å²) in [5.74, 6) is -0.698. The van der Waals surface area contributed by atoms with Gasteiger partial charge in [-0.15, -0.1) is 0 Å². The van der Waals surface area contributed by atoms with E-state index in [-0.39, 0.29) is 17.2 Å². The van der Waals surface area contributed by atoms with Crippen molar-refractivity contribution in [3.05, 3.63) is 76.2 Å². The number of methoxy groups -OCH3 is 1. The maximum absolute atomic E-state index is 12.5. The van der Waals surface area contributed by atoms with Gasteiger partial charge in [-0.1, -0.05) is 23.9 Å². The Morgan fingerprint density at radius 2 is 1.97 bits per heavy atom. The molecule has 0 spiro atoms. The second-order valence-electron chi connectivity index (χ2n) is 6.91. The summed E-state index contributed by atoms with van der Waals surface area (Å²) >= 11 is 1.10. The molecular weight excluding hydrogens is 430 g/mol. The highest BCUT2D eigenvalue weighted by Crippen LogP contribution is 2.19. The first-order chi connectivity index (χ1) is 15.4. The fraction of sp³-hybridized carbons (Fsp3) is 0.136. The number of ether oxygens (including phenoxy) is 1. The second-order valence-corrected chi connectivity index (χ2v) is 7.87. The molecule has 0 radical (unpaired) electrons. The number of nitrogens with zero attached hydrogens (tertiary/aromatic N) is 3. The Morgan fingerprint density at radius 1 is 1.19 bits per heavy atom. The van der Waals surface area contributed by atoms with E-state index in [1.807, 2.05) is 31.2 Å². The van der Waals surface area contributed by atoms with Crippen LogP contribution in [0.3, 0.4) is 0 Å². The molecule has 4 aromatic rings. The van der Waals surface area contributed by atoms with Gasteiger partial charge in [0.2, 0.25) is 5.91 Å². The fourth-order valence-electron chi connectivity index (χ4n) is 3.05. The van der Waals surface area contributed by atoms with Crippen molar-refractivity contribution < 1.29 is 14.3 Å². The Labute approximate surface area is 186 Å². The van der Waals surface area contributed by atoms with Crippen molar-refractivity contribution >= 4 is 40.4 Å². The molecular formula is C22H19N5O4S. The highest BCUT2D eigenvalue weighted by atomic mass is 32.2. The van der Waals surface area contributed by atoms with Crippen LogP contribution in [0.25, 0.3) is 16.7 Å². The Hall–Kier alpha value is -3.92. The number of amides is 1. The number of fused-ring (bicyclic) bond motifs is 1. The number of rotatable bonds is 6. The van der Waals surface area contributed by atoms with Crippen LogP contribution in [0, 0.1) is 6.92 Å². The third-order valence-electron chi connectivity index (χ3n) is 4.59. The molecule has 0 saturated carbocycles. The summed E-state index contributed by atoms with van der Waals surface area (Å²) in [7, 11) is 1.30. The van der Waals surface area contributed by atoms with Gasteiger partial charge in [-0.3, -0.25) is 9.59 Å². The zero-order valence-electron chi connectivity index (χ0n) is 17.3. The molecule has 32 heavy (non-hydrogen) atoms. The number of anilines is 1. The summed E-state index contributed by atoms with van der Waals surface area (Å²) < 4.78 is 6.25. The molecule has 0 aliphatic carbocycles. The predicted molar refractivity (Wildman–Crippen MR) is 121 cm³/mol. The number of carbonyl (C=O) groups excluding carboxylic acids is 2. The van der Waals surface area contributed by atoms with E-state index in [0.717, 1.165) is 23.0 Å². The predicted octanol–water partition coefficient (Wildman–Crippen LogP) is 2.93. The van der Waals surface area contributed by atoms with E-state index in [1.54, 1.807) is 28.9 Å². The number of thioether (sulfide) groups is 1. The molecule has 2 aromatic heterocycles. The first-order valence-corrected chi connectivity index (χ1v) is 10.6. The summed E-state index contributed by atoms with van der Waals surface area (Å²) in [5, 5.41) is 7.72. The second kappa shape index (κ2) is 9.06. The van der Waals surface area contributed by atoms with Gasteiger partial charge >= 0.3 is 5.97 Å². The number of nitrogens with one attached hydrogen (secondary N) is 2. The van der Waals surface area contributed by atoms with Gasteiger partial charge in [-0.05, 0) is 48.9 Å². The lowest BCUT2D eigenvalue weighted by atomic mass is 10.2. The van der Waals surface area contributed by atoms with E-state index in [1.165, 1.54) is 13.3 Å². The SMILES string of the molecule is COC(=O)c1ccc(NC(=O)CSc2nc3c(cnn3-c3cccc(C)c3)c(=O)[nH]2)cc1. The molecule has 162 valence electrons.